The highest BCUT2D eigenvalue weighted by Gasteiger charge is 2.01. The second-order valence-electron chi connectivity index (χ2n) is 3.78. The Hall–Kier alpha value is -1.42. The molecule has 0 aliphatic carbocycles. The van der Waals surface area contributed by atoms with Crippen molar-refractivity contribution in [2.75, 3.05) is 5.32 Å². The average Bonchev–Trinajstić information content (AvgIpc) is 2.32. The summed E-state index contributed by atoms with van der Waals surface area (Å²) in [5.41, 5.74) is 2.47. The Bertz CT molecular complexity index is 529. The van der Waals surface area contributed by atoms with E-state index in [1.807, 2.05) is 18.2 Å². The minimum absolute atomic E-state index is 0.172. The summed E-state index contributed by atoms with van der Waals surface area (Å²) in [5, 5.41) is 3.20. The normalized spacial score (nSPS) is 10.3. The van der Waals surface area contributed by atoms with Gasteiger partial charge in [0.05, 0.1) is 5.69 Å². The quantitative estimate of drug-likeness (QED) is 0.869. The first-order valence-electron chi connectivity index (χ1n) is 5.26. The lowest BCUT2D eigenvalue weighted by Crippen LogP contribution is -2.01. The molecule has 0 spiro atoms. The molecule has 1 aromatic heterocycles. The van der Waals surface area contributed by atoms with Crippen molar-refractivity contribution in [3.8, 4) is 0 Å². The first-order valence-corrected chi connectivity index (χ1v) is 6.05. The molecule has 0 aliphatic rings. The van der Waals surface area contributed by atoms with E-state index in [2.05, 4.69) is 26.2 Å². The van der Waals surface area contributed by atoms with E-state index < -0.39 is 0 Å². The number of rotatable bonds is 3. The number of anilines is 1. The molecule has 1 heterocycles. The molecule has 2 aromatic rings. The zero-order valence-corrected chi connectivity index (χ0v) is 11.0. The van der Waals surface area contributed by atoms with Crippen molar-refractivity contribution in [2.45, 2.75) is 13.5 Å². The Morgan fingerprint density at radius 1 is 1.35 bits per heavy atom. The largest absolute Gasteiger partial charge is 0.379 e. The second-order valence-corrected chi connectivity index (χ2v) is 4.53. The van der Waals surface area contributed by atoms with Crippen LogP contribution in [-0.2, 0) is 6.54 Å². The molecule has 0 radical (unpaired) electrons. The smallest absolute Gasteiger partial charge is 0.129 e. The van der Waals surface area contributed by atoms with Crippen LogP contribution in [-0.4, -0.2) is 4.98 Å². The van der Waals surface area contributed by atoms with Crippen molar-refractivity contribution < 1.29 is 4.39 Å². The number of nitrogens with zero attached hydrogens (tertiary/aromatic N) is 1. The minimum atomic E-state index is -0.172. The summed E-state index contributed by atoms with van der Waals surface area (Å²) in [6.07, 6.45) is 1.71. The molecule has 0 fully saturated rings. The number of aryl methyl sites for hydroxylation is 1. The number of benzene rings is 1. The van der Waals surface area contributed by atoms with E-state index in [-0.39, 0.29) is 5.82 Å². The predicted octanol–water partition coefficient (Wildman–Crippen LogP) is 3.90. The van der Waals surface area contributed by atoms with Crippen LogP contribution in [0.25, 0.3) is 0 Å². The summed E-state index contributed by atoms with van der Waals surface area (Å²) in [6, 6.07) is 9.01. The molecule has 1 N–H and O–H groups in total. The van der Waals surface area contributed by atoms with Crippen LogP contribution in [0.5, 0.6) is 0 Å². The number of hydrogen-bond acceptors (Lipinski definition) is 2. The fraction of sp³-hybridized carbons (Fsp3) is 0.154. The van der Waals surface area contributed by atoms with Gasteiger partial charge in [0.2, 0.25) is 0 Å². The maximum atomic E-state index is 13.3. The first-order chi connectivity index (χ1) is 8.16. The molecular formula is C13H12BrFN2. The molecule has 0 bridgehead atoms. The van der Waals surface area contributed by atoms with Crippen molar-refractivity contribution in [1.29, 1.82) is 0 Å². The Kier molecular flexibility index (Phi) is 3.74. The maximum absolute atomic E-state index is 13.3. The standard InChI is InChI=1S/C13H12BrFN2/c1-9-4-5-10(7-11(9)15)8-17-12-3-2-6-16-13(12)14/h2-7,17H,8H2,1H3. The lowest BCUT2D eigenvalue weighted by atomic mass is 10.1. The van der Waals surface area contributed by atoms with Gasteiger partial charge >= 0.3 is 0 Å². The molecule has 0 aliphatic heterocycles. The van der Waals surface area contributed by atoms with Crippen molar-refractivity contribution in [1.82, 2.24) is 4.98 Å². The highest BCUT2D eigenvalue weighted by molar-refractivity contribution is 9.10. The molecule has 2 rings (SSSR count). The van der Waals surface area contributed by atoms with Crippen molar-refractivity contribution in [3.63, 3.8) is 0 Å². The van der Waals surface area contributed by atoms with E-state index in [0.717, 1.165) is 15.9 Å². The van der Waals surface area contributed by atoms with Gasteiger partial charge in [0.1, 0.15) is 10.4 Å². The summed E-state index contributed by atoms with van der Waals surface area (Å²) in [5.74, 6) is -0.172. The highest BCUT2D eigenvalue weighted by Crippen LogP contribution is 2.19. The predicted molar refractivity (Wildman–Crippen MR) is 70.4 cm³/mol. The van der Waals surface area contributed by atoms with Crippen LogP contribution in [0, 0.1) is 12.7 Å². The average molecular weight is 295 g/mol. The number of nitrogens with one attached hydrogen (secondary N) is 1. The Morgan fingerprint density at radius 3 is 2.88 bits per heavy atom. The third-order valence-electron chi connectivity index (χ3n) is 2.48. The van der Waals surface area contributed by atoms with Crippen LogP contribution in [0.3, 0.4) is 0 Å². The summed E-state index contributed by atoms with van der Waals surface area (Å²) >= 11 is 3.35. The van der Waals surface area contributed by atoms with E-state index >= 15 is 0 Å². The van der Waals surface area contributed by atoms with Gasteiger partial charge < -0.3 is 5.32 Å². The van der Waals surface area contributed by atoms with Gasteiger partial charge in [-0.3, -0.25) is 0 Å². The SMILES string of the molecule is Cc1ccc(CNc2cccnc2Br)cc1F. The molecule has 0 amide bonds. The topological polar surface area (TPSA) is 24.9 Å². The van der Waals surface area contributed by atoms with Gasteiger partial charge in [0, 0.05) is 12.7 Å². The highest BCUT2D eigenvalue weighted by atomic mass is 79.9. The van der Waals surface area contributed by atoms with Gasteiger partial charge in [-0.25, -0.2) is 9.37 Å². The molecule has 0 saturated heterocycles. The molecule has 88 valence electrons. The fourth-order valence-corrected chi connectivity index (χ4v) is 1.85. The van der Waals surface area contributed by atoms with Gasteiger partial charge in [-0.05, 0) is 52.2 Å². The van der Waals surface area contributed by atoms with E-state index in [9.17, 15) is 4.39 Å². The zero-order chi connectivity index (χ0) is 12.3. The molecule has 0 unspecified atom stereocenters. The van der Waals surface area contributed by atoms with Crippen LogP contribution < -0.4 is 5.32 Å². The lowest BCUT2D eigenvalue weighted by molar-refractivity contribution is 0.616. The Labute approximate surface area is 108 Å². The zero-order valence-electron chi connectivity index (χ0n) is 9.37. The van der Waals surface area contributed by atoms with Gasteiger partial charge in [0.15, 0.2) is 0 Å². The van der Waals surface area contributed by atoms with Crippen LogP contribution in [0.2, 0.25) is 0 Å². The van der Waals surface area contributed by atoms with Gasteiger partial charge in [-0.1, -0.05) is 12.1 Å². The van der Waals surface area contributed by atoms with E-state index in [0.29, 0.717) is 12.1 Å². The number of aromatic nitrogens is 1. The van der Waals surface area contributed by atoms with E-state index in [4.69, 9.17) is 0 Å². The second kappa shape index (κ2) is 5.27. The summed E-state index contributed by atoms with van der Waals surface area (Å²) < 4.78 is 14.1. The van der Waals surface area contributed by atoms with Gasteiger partial charge in [-0.15, -0.1) is 0 Å². The third kappa shape index (κ3) is 3.03. The van der Waals surface area contributed by atoms with E-state index in [1.54, 1.807) is 25.3 Å². The summed E-state index contributed by atoms with van der Waals surface area (Å²) in [7, 11) is 0. The molecule has 0 atom stereocenters. The maximum Gasteiger partial charge on any atom is 0.129 e. The molecule has 4 heteroatoms. The molecule has 0 saturated carbocycles. The van der Waals surface area contributed by atoms with Crippen LogP contribution in [0.15, 0.2) is 41.1 Å². The van der Waals surface area contributed by atoms with E-state index in [1.165, 1.54) is 0 Å². The Balaban J connectivity index is 2.08. The number of hydrogen-bond donors (Lipinski definition) is 1. The molecular weight excluding hydrogens is 283 g/mol. The van der Waals surface area contributed by atoms with Crippen LogP contribution in [0.4, 0.5) is 10.1 Å². The monoisotopic (exact) mass is 294 g/mol. The van der Waals surface area contributed by atoms with Crippen LogP contribution in [0.1, 0.15) is 11.1 Å². The summed E-state index contributed by atoms with van der Waals surface area (Å²) in [6.45, 7) is 2.33. The molecule has 2 nitrogen and oxygen atoms in total. The number of halogens is 2. The third-order valence-corrected chi connectivity index (χ3v) is 3.11. The lowest BCUT2D eigenvalue weighted by Gasteiger charge is -2.08. The first kappa shape index (κ1) is 12.0. The van der Waals surface area contributed by atoms with Crippen molar-refractivity contribution >= 4 is 21.6 Å². The fourth-order valence-electron chi connectivity index (χ4n) is 1.46. The van der Waals surface area contributed by atoms with Gasteiger partial charge in [0.25, 0.3) is 0 Å². The Morgan fingerprint density at radius 2 is 2.18 bits per heavy atom. The molecule has 1 aromatic carbocycles. The van der Waals surface area contributed by atoms with Gasteiger partial charge in [-0.2, -0.15) is 0 Å². The van der Waals surface area contributed by atoms with Crippen molar-refractivity contribution in [3.05, 3.63) is 58.1 Å². The minimum Gasteiger partial charge on any atom is -0.379 e. The van der Waals surface area contributed by atoms with Crippen molar-refractivity contribution in [2.24, 2.45) is 0 Å². The van der Waals surface area contributed by atoms with Crippen LogP contribution >= 0.6 is 15.9 Å². The number of pyridine rings is 1. The molecule has 17 heavy (non-hydrogen) atoms. The summed E-state index contributed by atoms with van der Waals surface area (Å²) in [4.78, 5) is 4.10.